The molecule has 1 aromatic carbocycles. The van der Waals surface area contributed by atoms with E-state index < -0.39 is 5.97 Å². The summed E-state index contributed by atoms with van der Waals surface area (Å²) < 4.78 is 5.14. The zero-order chi connectivity index (χ0) is 17.8. The lowest BCUT2D eigenvalue weighted by atomic mass is 9.67. The number of amides is 1. The molecular formula is C20H27NO4. The molecular weight excluding hydrogens is 318 g/mol. The first-order valence-electron chi connectivity index (χ1n) is 9.27. The van der Waals surface area contributed by atoms with Crippen molar-refractivity contribution in [2.75, 3.05) is 18.6 Å². The molecule has 2 fully saturated rings. The van der Waals surface area contributed by atoms with E-state index >= 15 is 0 Å². The van der Waals surface area contributed by atoms with E-state index in [-0.39, 0.29) is 18.4 Å². The monoisotopic (exact) mass is 345 g/mol. The Bertz CT molecular complexity index is 613. The van der Waals surface area contributed by atoms with Crippen LogP contribution < -0.4 is 9.64 Å². The molecule has 25 heavy (non-hydrogen) atoms. The number of hydrogen-bond donors (Lipinski definition) is 1. The molecule has 136 valence electrons. The summed E-state index contributed by atoms with van der Waals surface area (Å²) in [4.78, 5) is 25.2. The van der Waals surface area contributed by atoms with Crippen molar-refractivity contribution in [1.82, 2.24) is 0 Å². The van der Waals surface area contributed by atoms with Gasteiger partial charge in [-0.25, -0.2) is 4.79 Å². The molecule has 1 aromatic rings. The Kier molecular flexibility index (Phi) is 5.61. The molecule has 5 nitrogen and oxygen atoms in total. The Morgan fingerprint density at radius 1 is 1.08 bits per heavy atom. The summed E-state index contributed by atoms with van der Waals surface area (Å²) in [7, 11) is 1.82. The number of hydrogen-bond acceptors (Lipinski definition) is 3. The van der Waals surface area contributed by atoms with Gasteiger partial charge in [-0.05, 0) is 55.4 Å². The molecule has 3 rings (SSSR count). The third-order valence-electron chi connectivity index (χ3n) is 5.81. The highest BCUT2D eigenvalue weighted by Crippen LogP contribution is 2.43. The number of fused-ring (bicyclic) bond motifs is 1. The zero-order valence-corrected chi connectivity index (χ0v) is 14.8. The predicted molar refractivity (Wildman–Crippen MR) is 95.8 cm³/mol. The number of aliphatic carboxylic acids is 1. The summed E-state index contributed by atoms with van der Waals surface area (Å²) in [5.74, 6) is 1.39. The van der Waals surface area contributed by atoms with Crippen LogP contribution in [0.3, 0.4) is 0 Å². The Morgan fingerprint density at radius 2 is 1.76 bits per heavy atom. The van der Waals surface area contributed by atoms with E-state index in [0.29, 0.717) is 5.75 Å². The van der Waals surface area contributed by atoms with Crippen LogP contribution in [0.25, 0.3) is 0 Å². The van der Waals surface area contributed by atoms with Crippen molar-refractivity contribution < 1.29 is 19.4 Å². The Labute approximate surface area is 149 Å². The lowest BCUT2D eigenvalue weighted by Gasteiger charge is -2.39. The first-order chi connectivity index (χ1) is 12.0. The number of carbonyl (C=O) groups is 2. The molecule has 2 aliphatic rings. The van der Waals surface area contributed by atoms with E-state index in [2.05, 4.69) is 0 Å². The highest BCUT2D eigenvalue weighted by atomic mass is 16.5. The SMILES string of the molecule is CN(C(=O)C1CCC2CCCCC2C1)c1ccc(OCC(=O)O)cc1. The Morgan fingerprint density at radius 3 is 2.44 bits per heavy atom. The molecule has 0 aromatic heterocycles. The fraction of sp³-hybridized carbons (Fsp3) is 0.600. The number of benzene rings is 1. The first kappa shape index (κ1) is 17.8. The van der Waals surface area contributed by atoms with Gasteiger partial charge in [0.25, 0.3) is 0 Å². The number of rotatable bonds is 5. The summed E-state index contributed by atoms with van der Waals surface area (Å²) in [6.45, 7) is -0.362. The molecule has 1 N–H and O–H groups in total. The molecule has 0 heterocycles. The van der Waals surface area contributed by atoms with Gasteiger partial charge < -0.3 is 14.7 Å². The maximum atomic E-state index is 12.9. The first-order valence-corrected chi connectivity index (χ1v) is 9.27. The standard InChI is InChI=1S/C20H27NO4/c1-21(17-8-10-18(11-9-17)25-13-19(22)23)20(24)16-7-6-14-4-2-3-5-15(14)12-16/h8-11,14-16H,2-7,12-13H2,1H3,(H,22,23). The molecule has 0 spiro atoms. The molecule has 0 bridgehead atoms. The van der Waals surface area contributed by atoms with Gasteiger partial charge >= 0.3 is 5.97 Å². The van der Waals surface area contributed by atoms with Crippen molar-refractivity contribution in [3.05, 3.63) is 24.3 Å². The third kappa shape index (κ3) is 4.33. The van der Waals surface area contributed by atoms with Gasteiger partial charge in [0.2, 0.25) is 5.91 Å². The van der Waals surface area contributed by atoms with Crippen LogP contribution in [0, 0.1) is 17.8 Å². The number of ether oxygens (including phenoxy) is 1. The minimum Gasteiger partial charge on any atom is -0.482 e. The van der Waals surface area contributed by atoms with E-state index in [1.807, 2.05) is 7.05 Å². The van der Waals surface area contributed by atoms with Crippen LogP contribution in [0.5, 0.6) is 5.75 Å². The van der Waals surface area contributed by atoms with E-state index in [0.717, 1.165) is 30.4 Å². The maximum absolute atomic E-state index is 12.9. The molecule has 2 aliphatic carbocycles. The number of nitrogens with zero attached hydrogens (tertiary/aromatic N) is 1. The summed E-state index contributed by atoms with van der Waals surface area (Å²) in [6, 6.07) is 7.03. The third-order valence-corrected chi connectivity index (χ3v) is 5.81. The highest BCUT2D eigenvalue weighted by Gasteiger charge is 2.36. The topological polar surface area (TPSA) is 66.8 Å². The summed E-state index contributed by atoms with van der Waals surface area (Å²) in [5, 5.41) is 8.64. The van der Waals surface area contributed by atoms with Crippen LogP contribution in [0.4, 0.5) is 5.69 Å². The fourth-order valence-electron chi connectivity index (χ4n) is 4.41. The van der Waals surface area contributed by atoms with Crippen LogP contribution in [0.2, 0.25) is 0 Å². The smallest absolute Gasteiger partial charge is 0.341 e. The van der Waals surface area contributed by atoms with Crippen molar-refractivity contribution in [3.63, 3.8) is 0 Å². The summed E-state index contributed by atoms with van der Waals surface area (Å²) in [6.07, 6.45) is 8.54. The van der Waals surface area contributed by atoms with Gasteiger partial charge in [-0.2, -0.15) is 0 Å². The maximum Gasteiger partial charge on any atom is 0.341 e. The predicted octanol–water partition coefficient (Wildman–Crippen LogP) is 3.72. The van der Waals surface area contributed by atoms with Gasteiger partial charge in [-0.3, -0.25) is 4.79 Å². The minimum absolute atomic E-state index is 0.132. The van der Waals surface area contributed by atoms with Crippen molar-refractivity contribution in [2.45, 2.75) is 44.9 Å². The van der Waals surface area contributed by atoms with Gasteiger partial charge in [-0.15, -0.1) is 0 Å². The Balaban J connectivity index is 1.59. The molecule has 0 saturated heterocycles. The van der Waals surface area contributed by atoms with Gasteiger partial charge in [0, 0.05) is 18.7 Å². The van der Waals surface area contributed by atoms with E-state index in [1.54, 1.807) is 29.2 Å². The second-order valence-electron chi connectivity index (χ2n) is 7.39. The molecule has 1 amide bonds. The second kappa shape index (κ2) is 7.89. The normalized spacial score (nSPS) is 25.7. The fourth-order valence-corrected chi connectivity index (χ4v) is 4.41. The molecule has 3 atom stereocenters. The van der Waals surface area contributed by atoms with Crippen LogP contribution in [0.15, 0.2) is 24.3 Å². The van der Waals surface area contributed by atoms with Crippen LogP contribution in [-0.4, -0.2) is 30.6 Å². The summed E-state index contributed by atoms with van der Waals surface area (Å²) in [5.41, 5.74) is 0.818. The Hall–Kier alpha value is -2.04. The quantitative estimate of drug-likeness (QED) is 0.883. The lowest BCUT2D eigenvalue weighted by Crippen LogP contribution is -2.38. The number of anilines is 1. The lowest BCUT2D eigenvalue weighted by molar-refractivity contribution is -0.139. The minimum atomic E-state index is -1.00. The van der Waals surface area contributed by atoms with E-state index in [4.69, 9.17) is 9.84 Å². The number of carbonyl (C=O) groups excluding carboxylic acids is 1. The molecule has 0 aliphatic heterocycles. The highest BCUT2D eigenvalue weighted by molar-refractivity contribution is 5.94. The van der Waals surface area contributed by atoms with Gasteiger partial charge in [0.05, 0.1) is 0 Å². The molecule has 3 unspecified atom stereocenters. The largest absolute Gasteiger partial charge is 0.482 e. The molecule has 2 saturated carbocycles. The van der Waals surface area contributed by atoms with E-state index in [9.17, 15) is 9.59 Å². The van der Waals surface area contributed by atoms with Crippen molar-refractivity contribution in [1.29, 1.82) is 0 Å². The van der Waals surface area contributed by atoms with Crippen LogP contribution in [0.1, 0.15) is 44.9 Å². The van der Waals surface area contributed by atoms with Crippen molar-refractivity contribution >= 4 is 17.6 Å². The van der Waals surface area contributed by atoms with Crippen LogP contribution >= 0.6 is 0 Å². The average molecular weight is 345 g/mol. The summed E-state index contributed by atoms with van der Waals surface area (Å²) >= 11 is 0. The van der Waals surface area contributed by atoms with Crippen molar-refractivity contribution in [3.8, 4) is 5.75 Å². The zero-order valence-electron chi connectivity index (χ0n) is 14.8. The van der Waals surface area contributed by atoms with Gasteiger partial charge in [0.15, 0.2) is 6.61 Å². The van der Waals surface area contributed by atoms with Crippen molar-refractivity contribution in [2.24, 2.45) is 17.8 Å². The molecule has 5 heteroatoms. The average Bonchev–Trinajstić information content (AvgIpc) is 2.65. The molecule has 0 radical (unpaired) electrons. The van der Waals surface area contributed by atoms with Gasteiger partial charge in [-0.1, -0.05) is 25.7 Å². The van der Waals surface area contributed by atoms with Gasteiger partial charge in [0.1, 0.15) is 5.75 Å². The number of carboxylic acid groups (broad SMARTS) is 1. The number of carboxylic acids is 1. The van der Waals surface area contributed by atoms with E-state index in [1.165, 1.54) is 32.1 Å². The second-order valence-corrected chi connectivity index (χ2v) is 7.39. The van der Waals surface area contributed by atoms with Crippen LogP contribution in [-0.2, 0) is 9.59 Å².